The molecule has 3 heterocycles. The first kappa shape index (κ1) is 21.0. The van der Waals surface area contributed by atoms with E-state index in [1.807, 2.05) is 0 Å². The molecule has 1 fully saturated rings. The number of methoxy groups -OCH3 is 1. The molecule has 0 bridgehead atoms. The van der Waals surface area contributed by atoms with Gasteiger partial charge < -0.3 is 24.4 Å². The fraction of sp³-hybridized carbons (Fsp3) is 0.292. The Morgan fingerprint density at radius 1 is 1.27 bits per heavy atom. The molecule has 3 aromatic rings. The predicted molar refractivity (Wildman–Crippen MR) is 118 cm³/mol. The van der Waals surface area contributed by atoms with Gasteiger partial charge in [0.25, 0.3) is 0 Å². The second-order valence-electron chi connectivity index (χ2n) is 8.03. The maximum Gasteiger partial charge on any atom is 0.322 e. The van der Waals surface area contributed by atoms with E-state index in [0.29, 0.717) is 48.4 Å². The van der Waals surface area contributed by atoms with E-state index in [-0.39, 0.29) is 29.7 Å². The third kappa shape index (κ3) is 4.26. The summed E-state index contributed by atoms with van der Waals surface area (Å²) in [5.41, 5.74) is 1.27. The first-order valence-corrected chi connectivity index (χ1v) is 10.6. The molecule has 2 aromatic carbocycles. The van der Waals surface area contributed by atoms with Crippen molar-refractivity contribution < 1.29 is 23.4 Å². The highest BCUT2D eigenvalue weighted by molar-refractivity contribution is 5.90. The van der Waals surface area contributed by atoms with Crippen LogP contribution >= 0.6 is 0 Å². The molecule has 2 aliphatic heterocycles. The molecule has 2 aliphatic rings. The van der Waals surface area contributed by atoms with E-state index in [1.54, 1.807) is 60.9 Å². The number of nitrogens with zero attached hydrogens (tertiary/aromatic N) is 3. The van der Waals surface area contributed by atoms with Gasteiger partial charge in [-0.1, -0.05) is 6.07 Å². The van der Waals surface area contributed by atoms with Crippen LogP contribution in [0.25, 0.3) is 0 Å². The number of likely N-dealkylation sites (tertiary alicyclic amines) is 1. The quantitative estimate of drug-likeness (QED) is 0.634. The summed E-state index contributed by atoms with van der Waals surface area (Å²) in [6, 6.07) is 11.0. The Bertz CT molecular complexity index is 1150. The smallest absolute Gasteiger partial charge is 0.322 e. The number of rotatable bonds is 5. The number of hydrogen-bond acceptors (Lipinski definition) is 6. The van der Waals surface area contributed by atoms with E-state index in [2.05, 4.69) is 15.3 Å². The second-order valence-corrected chi connectivity index (χ2v) is 8.03. The van der Waals surface area contributed by atoms with Crippen LogP contribution < -0.4 is 19.5 Å². The minimum absolute atomic E-state index is 0.0375. The first-order valence-electron chi connectivity index (χ1n) is 10.6. The molecular weight excluding hydrogens is 427 g/mol. The van der Waals surface area contributed by atoms with Crippen molar-refractivity contribution in [2.24, 2.45) is 11.8 Å². The van der Waals surface area contributed by atoms with Crippen LogP contribution in [0.1, 0.15) is 11.6 Å². The highest BCUT2D eigenvalue weighted by Gasteiger charge is 2.48. The van der Waals surface area contributed by atoms with Gasteiger partial charge in [-0.3, -0.25) is 4.98 Å². The molecule has 0 radical (unpaired) electrons. The van der Waals surface area contributed by atoms with Crippen molar-refractivity contribution in [2.45, 2.75) is 6.04 Å². The highest BCUT2D eigenvalue weighted by Crippen LogP contribution is 2.47. The van der Waals surface area contributed by atoms with Gasteiger partial charge in [0.15, 0.2) is 0 Å². The Balaban J connectivity index is 1.41. The maximum absolute atomic E-state index is 14.1. The van der Waals surface area contributed by atoms with Gasteiger partial charge in [-0.05, 0) is 30.3 Å². The lowest BCUT2D eigenvalue weighted by Crippen LogP contribution is -2.38. The fourth-order valence-corrected chi connectivity index (χ4v) is 4.52. The molecule has 1 N–H and O–H groups in total. The average Bonchev–Trinajstić information content (AvgIpc) is 3.23. The lowest BCUT2D eigenvalue weighted by molar-refractivity contribution is 0.128. The number of urea groups is 1. The molecule has 0 aliphatic carbocycles. The summed E-state index contributed by atoms with van der Waals surface area (Å²) in [7, 11) is 1.57. The zero-order valence-corrected chi connectivity index (χ0v) is 18.0. The van der Waals surface area contributed by atoms with Gasteiger partial charge in [0.2, 0.25) is 5.88 Å². The van der Waals surface area contributed by atoms with E-state index >= 15 is 0 Å². The number of anilines is 1. The van der Waals surface area contributed by atoms with Crippen molar-refractivity contribution >= 4 is 11.7 Å². The average molecular weight is 450 g/mol. The van der Waals surface area contributed by atoms with Gasteiger partial charge in [-0.25, -0.2) is 14.2 Å². The summed E-state index contributed by atoms with van der Waals surface area (Å²) in [4.78, 5) is 23.3. The van der Waals surface area contributed by atoms with Gasteiger partial charge >= 0.3 is 6.03 Å². The third-order valence-electron chi connectivity index (χ3n) is 6.07. The van der Waals surface area contributed by atoms with Crippen molar-refractivity contribution in [1.29, 1.82) is 0 Å². The molecular formula is C24H23FN4O4. The zero-order valence-electron chi connectivity index (χ0n) is 18.0. The van der Waals surface area contributed by atoms with E-state index in [9.17, 15) is 9.18 Å². The standard InChI is InChI=1S/C24H23FN4O4/c1-31-18-4-2-3-17(10-18)28-24(30)29-12-15(13-33-22-11-26-7-8-27-22)20-14-32-21-6-5-16(25)9-19(21)23(20)29/h2-11,15,20,23H,12-14H2,1H3,(H,28,30)/t15-,20-,23-/m0/s1. The van der Waals surface area contributed by atoms with Gasteiger partial charge in [0, 0.05) is 48.1 Å². The Morgan fingerprint density at radius 3 is 3.00 bits per heavy atom. The Hall–Kier alpha value is -3.88. The number of fused-ring (bicyclic) bond motifs is 3. The molecule has 2 amide bonds. The van der Waals surface area contributed by atoms with Crippen LogP contribution in [-0.4, -0.2) is 47.8 Å². The summed E-state index contributed by atoms with van der Waals surface area (Å²) < 4.78 is 31.2. The zero-order chi connectivity index (χ0) is 22.8. The molecule has 8 nitrogen and oxygen atoms in total. The summed E-state index contributed by atoms with van der Waals surface area (Å²) in [5.74, 6) is 1.17. The summed E-state index contributed by atoms with van der Waals surface area (Å²) in [6.45, 7) is 1.16. The third-order valence-corrected chi connectivity index (χ3v) is 6.07. The molecule has 9 heteroatoms. The molecule has 1 saturated heterocycles. The van der Waals surface area contributed by atoms with Crippen molar-refractivity contribution in [1.82, 2.24) is 14.9 Å². The number of nitrogens with one attached hydrogen (secondary N) is 1. The largest absolute Gasteiger partial charge is 0.497 e. The van der Waals surface area contributed by atoms with Gasteiger partial charge in [-0.2, -0.15) is 0 Å². The maximum atomic E-state index is 14.1. The normalized spacial score (nSPS) is 20.9. The number of carbonyl (C=O) groups excluding carboxylic acids is 1. The summed E-state index contributed by atoms with van der Waals surface area (Å²) >= 11 is 0. The Morgan fingerprint density at radius 2 is 2.18 bits per heavy atom. The molecule has 5 rings (SSSR count). The van der Waals surface area contributed by atoms with Crippen LogP contribution in [0.3, 0.4) is 0 Å². The Labute approximate surface area is 190 Å². The first-order chi connectivity index (χ1) is 16.1. The predicted octanol–water partition coefficient (Wildman–Crippen LogP) is 3.92. The van der Waals surface area contributed by atoms with E-state index in [0.717, 1.165) is 0 Å². The van der Waals surface area contributed by atoms with Crippen molar-refractivity contribution in [3.05, 3.63) is 72.4 Å². The number of aromatic nitrogens is 2. The van der Waals surface area contributed by atoms with Crippen LogP contribution in [-0.2, 0) is 0 Å². The SMILES string of the molecule is COc1cccc(NC(=O)N2C[C@@H](COc3cnccn3)[C@@H]3COc4ccc(F)cc4[C@@H]32)c1. The number of benzene rings is 2. The fourth-order valence-electron chi connectivity index (χ4n) is 4.52. The molecule has 0 unspecified atom stereocenters. The molecule has 33 heavy (non-hydrogen) atoms. The lowest BCUT2D eigenvalue weighted by Gasteiger charge is -2.34. The monoisotopic (exact) mass is 450 g/mol. The van der Waals surface area contributed by atoms with Crippen LogP contribution in [0.2, 0.25) is 0 Å². The van der Waals surface area contributed by atoms with Crippen molar-refractivity contribution in [3.63, 3.8) is 0 Å². The molecule has 170 valence electrons. The van der Waals surface area contributed by atoms with E-state index in [4.69, 9.17) is 14.2 Å². The molecule has 0 saturated carbocycles. The van der Waals surface area contributed by atoms with E-state index in [1.165, 1.54) is 12.1 Å². The van der Waals surface area contributed by atoms with Crippen LogP contribution in [0.4, 0.5) is 14.9 Å². The van der Waals surface area contributed by atoms with E-state index < -0.39 is 0 Å². The second kappa shape index (κ2) is 8.93. The van der Waals surface area contributed by atoms with Gasteiger partial charge in [0.05, 0.1) is 32.6 Å². The number of halogens is 1. The molecule has 3 atom stereocenters. The minimum Gasteiger partial charge on any atom is -0.497 e. The van der Waals surface area contributed by atoms with Gasteiger partial charge in [0.1, 0.15) is 17.3 Å². The number of carbonyl (C=O) groups is 1. The number of ether oxygens (including phenoxy) is 3. The molecule has 1 aromatic heterocycles. The highest BCUT2D eigenvalue weighted by atomic mass is 19.1. The van der Waals surface area contributed by atoms with Crippen molar-refractivity contribution in [2.75, 3.05) is 32.2 Å². The van der Waals surface area contributed by atoms with Crippen molar-refractivity contribution in [3.8, 4) is 17.4 Å². The minimum atomic E-state index is -0.370. The van der Waals surface area contributed by atoms with Gasteiger partial charge in [-0.15, -0.1) is 0 Å². The lowest BCUT2D eigenvalue weighted by atomic mass is 9.85. The Kier molecular flexibility index (Phi) is 5.68. The number of amides is 2. The summed E-state index contributed by atoms with van der Waals surface area (Å²) in [6.07, 6.45) is 4.68. The van der Waals surface area contributed by atoms with Crippen LogP contribution in [0, 0.1) is 17.7 Å². The summed E-state index contributed by atoms with van der Waals surface area (Å²) in [5, 5.41) is 2.94. The topological polar surface area (TPSA) is 85.8 Å². The molecule has 0 spiro atoms. The van der Waals surface area contributed by atoms with Crippen LogP contribution in [0.5, 0.6) is 17.4 Å². The van der Waals surface area contributed by atoms with Crippen LogP contribution in [0.15, 0.2) is 61.1 Å². The number of hydrogen-bond donors (Lipinski definition) is 1.